The molecule has 2 rings (SSSR count). The Hall–Kier alpha value is -2.67. The first-order chi connectivity index (χ1) is 11.0. The van der Waals surface area contributed by atoms with Crippen LogP contribution in [0.3, 0.4) is 0 Å². The van der Waals surface area contributed by atoms with E-state index in [2.05, 4.69) is 16.1 Å². The molecule has 126 valence electrons. The number of nitrogens with zero attached hydrogens (tertiary/aromatic N) is 2. The van der Waals surface area contributed by atoms with Crippen LogP contribution in [0.15, 0.2) is 24.4 Å². The van der Waals surface area contributed by atoms with Crippen LogP contribution in [0.1, 0.15) is 35.5 Å². The summed E-state index contributed by atoms with van der Waals surface area (Å²) < 4.78 is 1.51. The van der Waals surface area contributed by atoms with Crippen LogP contribution < -0.4 is 16.8 Å². The van der Waals surface area contributed by atoms with Crippen LogP contribution in [0.4, 0.5) is 5.69 Å². The van der Waals surface area contributed by atoms with E-state index in [0.29, 0.717) is 12.1 Å². The number of rotatable bonds is 4. The molecule has 7 nitrogen and oxygen atoms in total. The van der Waals surface area contributed by atoms with Gasteiger partial charge in [0.15, 0.2) is 5.69 Å². The summed E-state index contributed by atoms with van der Waals surface area (Å²) in [5, 5.41) is 6.50. The molecule has 7 heteroatoms. The fourth-order valence-electron chi connectivity index (χ4n) is 1.73. The standard InChI is InChI=1S/C13H14N4O2.C2H6.CH5N/c1-8-3-4-10(5-9(8)2)17-6-11(15-7-18)12(16-17)13(14)19;2*1-2/h3-7H,1-2H3,(H2,14,19)(H,15,18);1-2H3;2H2,1H3. The van der Waals surface area contributed by atoms with Gasteiger partial charge in [-0.05, 0) is 44.2 Å². The van der Waals surface area contributed by atoms with Gasteiger partial charge in [-0.25, -0.2) is 4.68 Å². The Morgan fingerprint density at radius 2 is 1.83 bits per heavy atom. The molecule has 1 aromatic heterocycles. The van der Waals surface area contributed by atoms with Crippen LogP contribution >= 0.6 is 0 Å². The molecule has 0 radical (unpaired) electrons. The van der Waals surface area contributed by atoms with Gasteiger partial charge in [0.2, 0.25) is 6.41 Å². The number of anilines is 1. The maximum atomic E-state index is 11.3. The number of carbonyl (C=O) groups is 2. The van der Waals surface area contributed by atoms with Gasteiger partial charge in [0, 0.05) is 0 Å². The second kappa shape index (κ2) is 10.1. The second-order valence-electron chi connectivity index (χ2n) is 4.23. The van der Waals surface area contributed by atoms with Crippen molar-refractivity contribution in [3.63, 3.8) is 0 Å². The molecule has 0 aliphatic carbocycles. The first kappa shape index (κ1) is 20.3. The number of nitrogens with two attached hydrogens (primary N) is 2. The minimum Gasteiger partial charge on any atom is -0.364 e. The Kier molecular flexibility index (Phi) is 8.95. The first-order valence-electron chi connectivity index (χ1n) is 7.28. The van der Waals surface area contributed by atoms with Gasteiger partial charge in [-0.2, -0.15) is 5.10 Å². The van der Waals surface area contributed by atoms with Crippen molar-refractivity contribution in [3.8, 4) is 5.69 Å². The number of hydrogen-bond acceptors (Lipinski definition) is 4. The number of aromatic nitrogens is 2. The summed E-state index contributed by atoms with van der Waals surface area (Å²) in [5.41, 5.74) is 13.1. The van der Waals surface area contributed by atoms with Crippen molar-refractivity contribution in [2.24, 2.45) is 11.5 Å². The maximum absolute atomic E-state index is 11.3. The molecule has 0 atom stereocenters. The van der Waals surface area contributed by atoms with Gasteiger partial charge in [0.05, 0.1) is 17.6 Å². The summed E-state index contributed by atoms with van der Waals surface area (Å²) in [6, 6.07) is 5.78. The van der Waals surface area contributed by atoms with E-state index < -0.39 is 5.91 Å². The number of amides is 2. The minimum absolute atomic E-state index is 0.0327. The lowest BCUT2D eigenvalue weighted by atomic mass is 10.1. The predicted octanol–water partition coefficient (Wildman–Crippen LogP) is 1.76. The van der Waals surface area contributed by atoms with Gasteiger partial charge in [-0.1, -0.05) is 19.9 Å². The van der Waals surface area contributed by atoms with E-state index in [9.17, 15) is 9.59 Å². The van der Waals surface area contributed by atoms with Crippen LogP contribution in [0.25, 0.3) is 5.69 Å². The zero-order valence-electron chi connectivity index (χ0n) is 14.3. The molecule has 2 aromatic rings. The number of aryl methyl sites for hydroxylation is 2. The van der Waals surface area contributed by atoms with Gasteiger partial charge >= 0.3 is 0 Å². The van der Waals surface area contributed by atoms with Crippen LogP contribution in [-0.4, -0.2) is 29.1 Å². The highest BCUT2D eigenvalue weighted by Crippen LogP contribution is 2.18. The van der Waals surface area contributed by atoms with Crippen LogP contribution in [0, 0.1) is 13.8 Å². The molecule has 0 fully saturated rings. The van der Waals surface area contributed by atoms with Crippen LogP contribution in [-0.2, 0) is 4.79 Å². The Bertz CT molecular complexity index is 650. The molecular formula is C16H25N5O2. The third-order valence-electron chi connectivity index (χ3n) is 2.92. The summed E-state index contributed by atoms with van der Waals surface area (Å²) >= 11 is 0. The molecular weight excluding hydrogens is 294 g/mol. The molecule has 0 saturated carbocycles. The highest BCUT2D eigenvalue weighted by Gasteiger charge is 2.14. The molecule has 2 amide bonds. The third kappa shape index (κ3) is 5.23. The summed E-state index contributed by atoms with van der Waals surface area (Å²) in [5.74, 6) is -0.688. The number of hydrogen-bond donors (Lipinski definition) is 3. The number of carbonyl (C=O) groups excluding carboxylic acids is 2. The van der Waals surface area contributed by atoms with E-state index >= 15 is 0 Å². The highest BCUT2D eigenvalue weighted by atomic mass is 16.1. The van der Waals surface area contributed by atoms with E-state index in [1.54, 1.807) is 6.20 Å². The van der Waals surface area contributed by atoms with E-state index in [-0.39, 0.29) is 5.69 Å². The van der Waals surface area contributed by atoms with Crippen molar-refractivity contribution in [3.05, 3.63) is 41.2 Å². The quantitative estimate of drug-likeness (QED) is 0.744. The van der Waals surface area contributed by atoms with Crippen molar-refractivity contribution < 1.29 is 9.59 Å². The highest BCUT2D eigenvalue weighted by molar-refractivity contribution is 5.98. The summed E-state index contributed by atoms with van der Waals surface area (Å²) in [7, 11) is 1.50. The largest absolute Gasteiger partial charge is 0.364 e. The van der Waals surface area contributed by atoms with Gasteiger partial charge in [0.25, 0.3) is 5.91 Å². The van der Waals surface area contributed by atoms with Gasteiger partial charge in [-0.3, -0.25) is 9.59 Å². The molecule has 5 N–H and O–H groups in total. The minimum atomic E-state index is -0.688. The summed E-state index contributed by atoms with van der Waals surface area (Å²) in [6.07, 6.45) is 2.03. The van der Waals surface area contributed by atoms with Gasteiger partial charge in [-0.15, -0.1) is 0 Å². The second-order valence-corrected chi connectivity index (χ2v) is 4.23. The number of nitrogens with one attached hydrogen (secondary N) is 1. The molecule has 1 heterocycles. The number of benzene rings is 1. The average Bonchev–Trinajstić information content (AvgIpc) is 2.98. The first-order valence-corrected chi connectivity index (χ1v) is 7.28. The third-order valence-corrected chi connectivity index (χ3v) is 2.92. The molecule has 0 saturated heterocycles. The predicted molar refractivity (Wildman–Crippen MR) is 92.7 cm³/mol. The van der Waals surface area contributed by atoms with E-state index in [0.717, 1.165) is 16.8 Å². The molecule has 23 heavy (non-hydrogen) atoms. The van der Waals surface area contributed by atoms with Crippen molar-refractivity contribution in [1.29, 1.82) is 0 Å². The molecule has 0 bridgehead atoms. The lowest BCUT2D eigenvalue weighted by Crippen LogP contribution is -2.14. The normalized spacial score (nSPS) is 8.96. The van der Waals surface area contributed by atoms with Crippen LogP contribution in [0.2, 0.25) is 0 Å². The lowest BCUT2D eigenvalue weighted by Gasteiger charge is -2.04. The van der Waals surface area contributed by atoms with E-state index in [1.165, 1.54) is 11.7 Å². The van der Waals surface area contributed by atoms with Gasteiger partial charge < -0.3 is 16.8 Å². The number of primary amides is 1. The zero-order chi connectivity index (χ0) is 18.0. The molecule has 0 unspecified atom stereocenters. The Balaban J connectivity index is 0.00000112. The molecule has 0 aliphatic rings. The topological polar surface area (TPSA) is 116 Å². The smallest absolute Gasteiger partial charge is 0.271 e. The van der Waals surface area contributed by atoms with Crippen molar-refractivity contribution in [1.82, 2.24) is 9.78 Å². The zero-order valence-corrected chi connectivity index (χ0v) is 14.3. The fourth-order valence-corrected chi connectivity index (χ4v) is 1.73. The SMILES string of the molecule is CC.CN.Cc1ccc(-n2cc(NC=O)c(C(N)=O)n2)cc1C. The fraction of sp³-hybridized carbons (Fsp3) is 0.312. The monoisotopic (exact) mass is 319 g/mol. The average molecular weight is 319 g/mol. The molecule has 0 aliphatic heterocycles. The van der Waals surface area contributed by atoms with Crippen LogP contribution in [0.5, 0.6) is 0 Å². The maximum Gasteiger partial charge on any atom is 0.271 e. The van der Waals surface area contributed by atoms with Gasteiger partial charge in [0.1, 0.15) is 0 Å². The van der Waals surface area contributed by atoms with Crippen molar-refractivity contribution in [2.75, 3.05) is 12.4 Å². The summed E-state index contributed by atoms with van der Waals surface area (Å²) in [6.45, 7) is 8.00. The molecule has 1 aromatic carbocycles. The Morgan fingerprint density at radius 3 is 2.30 bits per heavy atom. The van der Waals surface area contributed by atoms with E-state index in [1.807, 2.05) is 45.9 Å². The van der Waals surface area contributed by atoms with Crippen molar-refractivity contribution in [2.45, 2.75) is 27.7 Å². The Morgan fingerprint density at radius 1 is 1.22 bits per heavy atom. The Labute approximate surface area is 136 Å². The molecule has 0 spiro atoms. The lowest BCUT2D eigenvalue weighted by molar-refractivity contribution is -0.105. The van der Waals surface area contributed by atoms with Crippen molar-refractivity contribution >= 4 is 18.0 Å². The summed E-state index contributed by atoms with van der Waals surface area (Å²) in [4.78, 5) is 21.7. The van der Waals surface area contributed by atoms with E-state index in [4.69, 9.17) is 5.73 Å².